The Balaban J connectivity index is 1.12. The highest BCUT2D eigenvalue weighted by Gasteiger charge is 2.21. The summed E-state index contributed by atoms with van der Waals surface area (Å²) in [6.07, 6.45) is 0. The van der Waals surface area contributed by atoms with Crippen LogP contribution in [0.1, 0.15) is 0 Å². The van der Waals surface area contributed by atoms with Crippen LogP contribution in [-0.4, -0.2) is 9.13 Å². The second-order valence-electron chi connectivity index (χ2n) is 14.2. The molecule has 3 heteroatoms. The zero-order chi connectivity index (χ0) is 36.3. The molecule has 3 nitrogen and oxygen atoms in total. The number of anilines is 3. The first kappa shape index (κ1) is 31.2. The highest BCUT2D eigenvalue weighted by molar-refractivity contribution is 6.26. The van der Waals surface area contributed by atoms with Gasteiger partial charge in [0.15, 0.2) is 0 Å². The fourth-order valence-corrected chi connectivity index (χ4v) is 8.65. The highest BCUT2D eigenvalue weighted by atomic mass is 15.1. The van der Waals surface area contributed by atoms with E-state index in [-0.39, 0.29) is 0 Å². The lowest BCUT2D eigenvalue weighted by Gasteiger charge is -2.27. The fraction of sp³-hybridized carbons (Fsp3) is 0. The average Bonchev–Trinajstić information content (AvgIpc) is 3.78. The maximum Gasteiger partial charge on any atom is 0.0641 e. The first-order chi connectivity index (χ1) is 27.3. The van der Waals surface area contributed by atoms with E-state index in [1.54, 1.807) is 0 Å². The number of fused-ring (bicyclic) bond motifs is 8. The molecule has 0 unspecified atom stereocenters. The lowest BCUT2D eigenvalue weighted by molar-refractivity contribution is 1.17. The molecule has 0 spiro atoms. The summed E-state index contributed by atoms with van der Waals surface area (Å²) in [5, 5.41) is 7.42. The number of hydrogen-bond donors (Lipinski definition) is 0. The summed E-state index contributed by atoms with van der Waals surface area (Å²) in [5.41, 5.74) is 12.9. The highest BCUT2D eigenvalue weighted by Crippen LogP contribution is 2.43. The summed E-state index contributed by atoms with van der Waals surface area (Å²) < 4.78 is 4.89. The predicted octanol–water partition coefficient (Wildman–Crippen LogP) is 14.2. The largest absolute Gasteiger partial charge is 0.310 e. The van der Waals surface area contributed by atoms with Crippen LogP contribution in [0.3, 0.4) is 0 Å². The Bertz CT molecular complexity index is 3170. The third-order valence-electron chi connectivity index (χ3n) is 11.1. The zero-order valence-electron chi connectivity index (χ0n) is 30.0. The number of para-hydroxylation sites is 3. The van der Waals surface area contributed by atoms with E-state index in [2.05, 4.69) is 226 Å². The van der Waals surface area contributed by atoms with Crippen LogP contribution in [0.4, 0.5) is 17.1 Å². The third-order valence-corrected chi connectivity index (χ3v) is 11.1. The topological polar surface area (TPSA) is 13.1 Å². The van der Waals surface area contributed by atoms with Crippen LogP contribution in [0.25, 0.3) is 76.9 Å². The van der Waals surface area contributed by atoms with Gasteiger partial charge in [0, 0.05) is 49.7 Å². The van der Waals surface area contributed by atoms with Crippen LogP contribution in [0.5, 0.6) is 0 Å². The molecule has 0 aliphatic rings. The smallest absolute Gasteiger partial charge is 0.0641 e. The first-order valence-corrected chi connectivity index (χ1v) is 18.9. The molecule has 2 heterocycles. The molecule has 0 saturated carbocycles. The number of hydrogen-bond acceptors (Lipinski definition) is 1. The van der Waals surface area contributed by atoms with Crippen molar-refractivity contribution in [2.45, 2.75) is 0 Å². The van der Waals surface area contributed by atoms with Gasteiger partial charge >= 0.3 is 0 Å². The van der Waals surface area contributed by atoms with Crippen LogP contribution >= 0.6 is 0 Å². The summed E-state index contributed by atoms with van der Waals surface area (Å²) in [4.78, 5) is 2.37. The van der Waals surface area contributed by atoms with Gasteiger partial charge in [-0.2, -0.15) is 0 Å². The average molecular weight is 702 g/mol. The molecule has 0 aliphatic heterocycles. The standard InChI is InChI=1S/C52H35N3/c1-3-14-36(15-4-1)37-26-28-41(29-27-37)54-49-24-12-10-22-46(49)51-50(54)35-34-45-44-21-9-11-23-48(44)55(52(45)51)42-32-30-40(31-33-42)53(39-18-5-2-6-19-39)47-25-13-17-38-16-7-8-20-43(38)47/h1-35H. The minimum atomic E-state index is 1.10. The van der Waals surface area contributed by atoms with Gasteiger partial charge in [-0.1, -0.05) is 140 Å². The van der Waals surface area contributed by atoms with Gasteiger partial charge in [-0.25, -0.2) is 0 Å². The van der Waals surface area contributed by atoms with E-state index in [1.165, 1.54) is 65.5 Å². The second kappa shape index (κ2) is 12.6. The van der Waals surface area contributed by atoms with Gasteiger partial charge in [0.1, 0.15) is 0 Å². The number of nitrogens with zero attached hydrogens (tertiary/aromatic N) is 3. The molecule has 258 valence electrons. The van der Waals surface area contributed by atoms with Crippen molar-refractivity contribution in [2.24, 2.45) is 0 Å². The van der Waals surface area contributed by atoms with Crippen molar-refractivity contribution in [3.63, 3.8) is 0 Å². The van der Waals surface area contributed by atoms with Crippen molar-refractivity contribution < 1.29 is 0 Å². The predicted molar refractivity (Wildman–Crippen MR) is 233 cm³/mol. The van der Waals surface area contributed by atoms with Crippen LogP contribution < -0.4 is 4.90 Å². The van der Waals surface area contributed by atoms with Crippen molar-refractivity contribution in [2.75, 3.05) is 4.90 Å². The second-order valence-corrected chi connectivity index (χ2v) is 14.2. The maximum absolute atomic E-state index is 2.47. The van der Waals surface area contributed by atoms with Crippen LogP contribution in [0, 0.1) is 0 Å². The summed E-state index contributed by atoms with van der Waals surface area (Å²) in [5.74, 6) is 0. The van der Waals surface area contributed by atoms with Crippen molar-refractivity contribution in [1.29, 1.82) is 0 Å². The lowest BCUT2D eigenvalue weighted by atomic mass is 10.1. The molecule has 2 aromatic heterocycles. The quantitative estimate of drug-likeness (QED) is 0.168. The molecule has 0 atom stereocenters. The minimum Gasteiger partial charge on any atom is -0.310 e. The Morgan fingerprint density at radius 2 is 0.855 bits per heavy atom. The monoisotopic (exact) mass is 701 g/mol. The van der Waals surface area contributed by atoms with E-state index in [0.717, 1.165) is 28.4 Å². The van der Waals surface area contributed by atoms with E-state index in [9.17, 15) is 0 Å². The maximum atomic E-state index is 2.47. The molecule has 0 bridgehead atoms. The normalized spacial score (nSPS) is 11.6. The minimum absolute atomic E-state index is 1.10. The van der Waals surface area contributed by atoms with Crippen LogP contribution in [-0.2, 0) is 0 Å². The van der Waals surface area contributed by atoms with Crippen molar-refractivity contribution in [3.8, 4) is 22.5 Å². The summed E-state index contributed by atoms with van der Waals surface area (Å²) in [6.45, 7) is 0. The van der Waals surface area contributed by atoms with E-state index in [1.807, 2.05) is 0 Å². The zero-order valence-corrected chi connectivity index (χ0v) is 30.0. The molecule has 55 heavy (non-hydrogen) atoms. The van der Waals surface area contributed by atoms with Gasteiger partial charge in [-0.15, -0.1) is 0 Å². The van der Waals surface area contributed by atoms with E-state index in [4.69, 9.17) is 0 Å². The van der Waals surface area contributed by atoms with Gasteiger partial charge in [-0.05, 0) is 89.3 Å². The summed E-state index contributed by atoms with van der Waals surface area (Å²) in [6, 6.07) is 76.8. The van der Waals surface area contributed by atoms with Gasteiger partial charge in [-0.3, -0.25) is 0 Å². The molecule has 11 aromatic rings. The SMILES string of the molecule is c1ccc(-c2ccc(-n3c4ccccc4c4c3ccc3c5ccccc5n(-c5ccc(N(c6ccccc6)c6cccc7ccccc67)cc5)c34)cc2)cc1. The molecular weight excluding hydrogens is 667 g/mol. The van der Waals surface area contributed by atoms with Crippen molar-refractivity contribution in [1.82, 2.24) is 9.13 Å². The molecule has 9 aromatic carbocycles. The first-order valence-electron chi connectivity index (χ1n) is 18.9. The van der Waals surface area contributed by atoms with Gasteiger partial charge < -0.3 is 14.0 Å². The Morgan fingerprint density at radius 3 is 1.62 bits per heavy atom. The summed E-state index contributed by atoms with van der Waals surface area (Å²) in [7, 11) is 0. The number of aromatic nitrogens is 2. The van der Waals surface area contributed by atoms with Crippen molar-refractivity contribution >= 4 is 71.4 Å². The molecule has 0 radical (unpaired) electrons. The van der Waals surface area contributed by atoms with Crippen LogP contribution in [0.15, 0.2) is 212 Å². The summed E-state index contributed by atoms with van der Waals surface area (Å²) >= 11 is 0. The number of benzene rings is 9. The third kappa shape index (κ3) is 4.98. The van der Waals surface area contributed by atoms with E-state index in [0.29, 0.717) is 0 Å². The fourth-order valence-electron chi connectivity index (χ4n) is 8.65. The molecule has 0 N–H and O–H groups in total. The molecule has 11 rings (SSSR count). The van der Waals surface area contributed by atoms with Crippen molar-refractivity contribution in [3.05, 3.63) is 212 Å². The van der Waals surface area contributed by atoms with Gasteiger partial charge in [0.25, 0.3) is 0 Å². The molecule has 0 saturated heterocycles. The Kier molecular flexibility index (Phi) is 7.17. The Hall–Kier alpha value is -7.36. The number of rotatable bonds is 6. The Morgan fingerprint density at radius 1 is 0.309 bits per heavy atom. The molecular formula is C52H35N3. The lowest BCUT2D eigenvalue weighted by Crippen LogP contribution is -2.10. The van der Waals surface area contributed by atoms with Crippen LogP contribution in [0.2, 0.25) is 0 Å². The molecule has 0 fully saturated rings. The molecule has 0 amide bonds. The molecule has 0 aliphatic carbocycles. The van der Waals surface area contributed by atoms with E-state index >= 15 is 0 Å². The van der Waals surface area contributed by atoms with Gasteiger partial charge in [0.2, 0.25) is 0 Å². The Labute approximate surface area is 319 Å². The van der Waals surface area contributed by atoms with E-state index < -0.39 is 0 Å². The van der Waals surface area contributed by atoms with Gasteiger partial charge in [0.05, 0.1) is 27.8 Å².